The molecule has 0 saturated heterocycles. The van der Waals surface area contributed by atoms with Crippen LogP contribution in [0.25, 0.3) is 22.6 Å². The van der Waals surface area contributed by atoms with Gasteiger partial charge in [0, 0.05) is 10.4 Å². The Morgan fingerprint density at radius 2 is 1.69 bits per heavy atom. The van der Waals surface area contributed by atoms with Crippen LogP contribution in [0.4, 0.5) is 0 Å². The summed E-state index contributed by atoms with van der Waals surface area (Å²) in [5.41, 5.74) is 4.16. The highest BCUT2D eigenvalue weighted by Crippen LogP contribution is 2.22. The number of nitriles is 1. The molecule has 0 fully saturated rings. The van der Waals surface area contributed by atoms with Gasteiger partial charge in [-0.2, -0.15) is 5.26 Å². The van der Waals surface area contributed by atoms with Crippen molar-refractivity contribution in [3.05, 3.63) is 107 Å². The van der Waals surface area contributed by atoms with E-state index in [-0.39, 0.29) is 0 Å². The molecule has 0 unspecified atom stereocenters. The van der Waals surface area contributed by atoms with Crippen molar-refractivity contribution in [2.45, 2.75) is 6.61 Å². The predicted molar refractivity (Wildman–Crippen MR) is 117 cm³/mol. The molecule has 1 heterocycles. The fraction of sp³-hybridized carbons (Fsp3) is 0.0400. The second-order valence-corrected chi connectivity index (χ2v) is 6.97. The quantitative estimate of drug-likeness (QED) is 0.284. The van der Waals surface area contributed by atoms with Gasteiger partial charge in [0.05, 0.1) is 22.9 Å². The van der Waals surface area contributed by atoms with Crippen molar-refractivity contribution in [1.29, 1.82) is 5.26 Å². The molecule has 0 amide bonds. The van der Waals surface area contributed by atoms with E-state index < -0.39 is 0 Å². The fourth-order valence-electron chi connectivity index (χ4n) is 2.98. The van der Waals surface area contributed by atoms with E-state index in [1.54, 1.807) is 12.1 Å². The maximum Gasteiger partial charge on any atom is 0.130 e. The number of hydrogen-bond donors (Lipinski definition) is 0. The van der Waals surface area contributed by atoms with Crippen LogP contribution in [0, 0.1) is 11.3 Å². The van der Waals surface area contributed by atoms with Gasteiger partial charge in [-0.3, -0.25) is 0 Å². The highest BCUT2D eigenvalue weighted by atomic mass is 35.5. The summed E-state index contributed by atoms with van der Waals surface area (Å²) in [7, 11) is 0. The van der Waals surface area contributed by atoms with Gasteiger partial charge in [-0.25, -0.2) is 4.98 Å². The Hall–Kier alpha value is -3.61. The number of halogens is 1. The van der Waals surface area contributed by atoms with E-state index >= 15 is 0 Å². The SMILES string of the molecule is N#C/C(=C/c1ccc(Cl)cc1)c1ccc(OCc2ccc3ccccc3n2)cc1. The summed E-state index contributed by atoms with van der Waals surface area (Å²) in [5, 5.41) is 11.3. The van der Waals surface area contributed by atoms with Crippen molar-refractivity contribution in [2.75, 3.05) is 0 Å². The lowest BCUT2D eigenvalue weighted by molar-refractivity contribution is 0.302. The number of pyridine rings is 1. The Morgan fingerprint density at radius 3 is 2.45 bits per heavy atom. The molecular weight excluding hydrogens is 380 g/mol. The summed E-state index contributed by atoms with van der Waals surface area (Å²) < 4.78 is 5.86. The molecule has 4 rings (SSSR count). The van der Waals surface area contributed by atoms with Crippen LogP contribution >= 0.6 is 11.6 Å². The number of allylic oxidation sites excluding steroid dienone is 1. The van der Waals surface area contributed by atoms with Gasteiger partial charge in [-0.15, -0.1) is 0 Å². The maximum atomic E-state index is 9.52. The van der Waals surface area contributed by atoms with Crippen molar-refractivity contribution < 1.29 is 4.74 Å². The molecule has 0 atom stereocenters. The van der Waals surface area contributed by atoms with E-state index in [0.29, 0.717) is 17.2 Å². The number of fused-ring (bicyclic) bond motifs is 1. The minimum absolute atomic E-state index is 0.385. The number of benzene rings is 3. The molecule has 0 N–H and O–H groups in total. The Bertz CT molecular complexity index is 1210. The van der Waals surface area contributed by atoms with Crippen molar-refractivity contribution >= 4 is 34.2 Å². The first-order valence-electron chi connectivity index (χ1n) is 9.16. The Kier molecular flexibility index (Phi) is 5.56. The molecular formula is C25H17ClN2O. The van der Waals surface area contributed by atoms with Crippen LogP contribution in [0.5, 0.6) is 5.75 Å². The van der Waals surface area contributed by atoms with Gasteiger partial charge < -0.3 is 4.74 Å². The lowest BCUT2D eigenvalue weighted by Gasteiger charge is -2.08. The smallest absolute Gasteiger partial charge is 0.130 e. The van der Waals surface area contributed by atoms with Gasteiger partial charge in [0.2, 0.25) is 0 Å². The molecule has 1 aromatic heterocycles. The summed E-state index contributed by atoms with van der Waals surface area (Å²) in [5.74, 6) is 0.729. The topological polar surface area (TPSA) is 45.9 Å². The number of hydrogen-bond acceptors (Lipinski definition) is 3. The minimum atomic E-state index is 0.385. The minimum Gasteiger partial charge on any atom is -0.487 e. The molecule has 0 aliphatic rings. The highest BCUT2D eigenvalue weighted by molar-refractivity contribution is 6.30. The lowest BCUT2D eigenvalue weighted by atomic mass is 10.0. The molecule has 0 spiro atoms. The lowest BCUT2D eigenvalue weighted by Crippen LogP contribution is -1.98. The van der Waals surface area contributed by atoms with Crippen LogP contribution in [0.1, 0.15) is 16.8 Å². The van der Waals surface area contributed by atoms with E-state index in [0.717, 1.165) is 33.5 Å². The van der Waals surface area contributed by atoms with Crippen molar-refractivity contribution in [3.8, 4) is 11.8 Å². The van der Waals surface area contributed by atoms with E-state index in [2.05, 4.69) is 11.1 Å². The van der Waals surface area contributed by atoms with Crippen molar-refractivity contribution in [1.82, 2.24) is 4.98 Å². The zero-order valence-electron chi connectivity index (χ0n) is 15.5. The molecule has 0 bridgehead atoms. The van der Waals surface area contributed by atoms with Crippen LogP contribution in [0.2, 0.25) is 5.02 Å². The number of nitrogens with zero attached hydrogens (tertiary/aromatic N) is 2. The number of para-hydroxylation sites is 1. The number of rotatable bonds is 5. The van der Waals surface area contributed by atoms with Crippen LogP contribution in [-0.2, 0) is 6.61 Å². The van der Waals surface area contributed by atoms with Gasteiger partial charge in [0.1, 0.15) is 12.4 Å². The van der Waals surface area contributed by atoms with Gasteiger partial charge in [0.25, 0.3) is 0 Å². The van der Waals surface area contributed by atoms with Crippen molar-refractivity contribution in [3.63, 3.8) is 0 Å². The molecule has 0 saturated carbocycles. The average Bonchev–Trinajstić information content (AvgIpc) is 2.77. The van der Waals surface area contributed by atoms with E-state index in [1.165, 1.54) is 0 Å². The van der Waals surface area contributed by atoms with Crippen molar-refractivity contribution in [2.24, 2.45) is 0 Å². The maximum absolute atomic E-state index is 9.52. The van der Waals surface area contributed by atoms with Gasteiger partial charge in [-0.05, 0) is 65.7 Å². The second kappa shape index (κ2) is 8.60. The zero-order chi connectivity index (χ0) is 20.1. The van der Waals surface area contributed by atoms with E-state index in [9.17, 15) is 5.26 Å². The first-order chi connectivity index (χ1) is 14.2. The van der Waals surface area contributed by atoms with Crippen LogP contribution in [0.3, 0.4) is 0 Å². The number of ether oxygens (including phenoxy) is 1. The summed E-state index contributed by atoms with van der Waals surface area (Å²) >= 11 is 5.92. The number of aromatic nitrogens is 1. The molecule has 4 heteroatoms. The fourth-order valence-corrected chi connectivity index (χ4v) is 3.11. The first-order valence-corrected chi connectivity index (χ1v) is 9.54. The Morgan fingerprint density at radius 1 is 0.931 bits per heavy atom. The summed E-state index contributed by atoms with van der Waals surface area (Å²) in [6.07, 6.45) is 1.84. The third-order valence-electron chi connectivity index (χ3n) is 4.51. The molecule has 0 radical (unpaired) electrons. The third-order valence-corrected chi connectivity index (χ3v) is 4.76. The molecule has 29 heavy (non-hydrogen) atoms. The molecule has 0 aliphatic heterocycles. The molecule has 0 aliphatic carbocycles. The average molecular weight is 397 g/mol. The van der Waals surface area contributed by atoms with Crippen LogP contribution < -0.4 is 4.74 Å². The van der Waals surface area contributed by atoms with Gasteiger partial charge in [0.15, 0.2) is 0 Å². The molecule has 3 nitrogen and oxygen atoms in total. The highest BCUT2D eigenvalue weighted by Gasteiger charge is 2.04. The van der Waals surface area contributed by atoms with E-state index in [4.69, 9.17) is 16.3 Å². The third kappa shape index (κ3) is 4.63. The predicted octanol–water partition coefficient (Wildman–Crippen LogP) is 6.53. The van der Waals surface area contributed by atoms with Crippen LogP contribution in [-0.4, -0.2) is 4.98 Å². The van der Waals surface area contributed by atoms with Gasteiger partial charge in [-0.1, -0.05) is 48.0 Å². The standard InChI is InChI=1S/C25H17ClN2O/c26-22-10-5-18(6-11-22)15-21(16-27)19-8-13-24(14-9-19)29-17-23-12-7-20-3-1-2-4-25(20)28-23/h1-15H,17H2/b21-15-. The normalized spacial score (nSPS) is 11.2. The summed E-state index contributed by atoms with van der Waals surface area (Å²) in [4.78, 5) is 4.62. The molecule has 4 aromatic rings. The molecule has 3 aromatic carbocycles. The van der Waals surface area contributed by atoms with Gasteiger partial charge >= 0.3 is 0 Å². The first kappa shape index (κ1) is 18.7. The second-order valence-electron chi connectivity index (χ2n) is 6.53. The summed E-state index contributed by atoms with van der Waals surface area (Å²) in [6.45, 7) is 0.385. The molecule has 140 valence electrons. The summed E-state index contributed by atoms with van der Waals surface area (Å²) in [6, 6.07) is 29.1. The monoisotopic (exact) mass is 396 g/mol. The largest absolute Gasteiger partial charge is 0.487 e. The Balaban J connectivity index is 1.46. The van der Waals surface area contributed by atoms with Crippen LogP contribution in [0.15, 0.2) is 84.9 Å². The Labute approximate surface area is 174 Å². The van der Waals surface area contributed by atoms with E-state index in [1.807, 2.05) is 78.9 Å². The zero-order valence-corrected chi connectivity index (χ0v) is 16.3.